The number of rotatable bonds is 4. The van der Waals surface area contributed by atoms with Gasteiger partial charge in [0.15, 0.2) is 5.78 Å². The van der Waals surface area contributed by atoms with Gasteiger partial charge in [0.2, 0.25) is 0 Å². The summed E-state index contributed by atoms with van der Waals surface area (Å²) < 4.78 is 1.34. The monoisotopic (exact) mass is 270 g/mol. The third-order valence-corrected chi connectivity index (χ3v) is 3.20. The SMILES string of the molecule is Cc1cnc(=O)n(CC(=O)c2ccc(C(C)C)cc2)c1. The molecule has 20 heavy (non-hydrogen) atoms. The van der Waals surface area contributed by atoms with Crippen LogP contribution in [0.2, 0.25) is 0 Å². The zero-order chi connectivity index (χ0) is 14.7. The van der Waals surface area contributed by atoms with Gasteiger partial charge in [0, 0.05) is 18.0 Å². The number of hydrogen-bond acceptors (Lipinski definition) is 3. The van der Waals surface area contributed by atoms with Gasteiger partial charge in [-0.15, -0.1) is 0 Å². The van der Waals surface area contributed by atoms with Crippen molar-refractivity contribution < 1.29 is 4.79 Å². The fourth-order valence-corrected chi connectivity index (χ4v) is 1.98. The number of aromatic nitrogens is 2. The lowest BCUT2D eigenvalue weighted by Gasteiger charge is -2.08. The quantitative estimate of drug-likeness (QED) is 0.802. The van der Waals surface area contributed by atoms with E-state index in [2.05, 4.69) is 18.8 Å². The molecule has 0 saturated heterocycles. The second-order valence-electron chi connectivity index (χ2n) is 5.24. The Kier molecular flexibility index (Phi) is 4.13. The van der Waals surface area contributed by atoms with Crippen LogP contribution >= 0.6 is 0 Å². The number of benzene rings is 1. The first-order valence-electron chi connectivity index (χ1n) is 6.63. The van der Waals surface area contributed by atoms with E-state index in [1.807, 2.05) is 31.2 Å². The smallest absolute Gasteiger partial charge is 0.292 e. The van der Waals surface area contributed by atoms with Crippen LogP contribution in [-0.2, 0) is 6.54 Å². The zero-order valence-electron chi connectivity index (χ0n) is 12.0. The Hall–Kier alpha value is -2.23. The molecule has 1 aromatic carbocycles. The molecule has 0 bridgehead atoms. The van der Waals surface area contributed by atoms with Crippen LogP contribution in [0, 0.1) is 6.92 Å². The van der Waals surface area contributed by atoms with Crippen LogP contribution in [0.3, 0.4) is 0 Å². The fourth-order valence-electron chi connectivity index (χ4n) is 1.98. The minimum absolute atomic E-state index is 0.0224. The summed E-state index contributed by atoms with van der Waals surface area (Å²) in [6, 6.07) is 7.53. The van der Waals surface area contributed by atoms with Crippen molar-refractivity contribution in [3.05, 3.63) is 63.8 Å². The van der Waals surface area contributed by atoms with E-state index in [1.165, 1.54) is 16.3 Å². The van der Waals surface area contributed by atoms with Crippen molar-refractivity contribution >= 4 is 5.78 Å². The van der Waals surface area contributed by atoms with Gasteiger partial charge in [0.25, 0.3) is 0 Å². The molecule has 0 unspecified atom stereocenters. The average molecular weight is 270 g/mol. The molecule has 2 aromatic rings. The van der Waals surface area contributed by atoms with Crippen molar-refractivity contribution in [1.82, 2.24) is 9.55 Å². The largest absolute Gasteiger partial charge is 0.347 e. The first-order chi connectivity index (χ1) is 9.47. The number of carbonyl (C=O) groups is 1. The van der Waals surface area contributed by atoms with Gasteiger partial charge >= 0.3 is 5.69 Å². The van der Waals surface area contributed by atoms with E-state index in [0.717, 1.165) is 5.56 Å². The molecule has 0 amide bonds. The van der Waals surface area contributed by atoms with Crippen LogP contribution in [-0.4, -0.2) is 15.3 Å². The van der Waals surface area contributed by atoms with E-state index in [1.54, 1.807) is 6.20 Å². The summed E-state index contributed by atoms with van der Waals surface area (Å²) in [6.45, 7) is 6.07. The minimum Gasteiger partial charge on any atom is -0.292 e. The van der Waals surface area contributed by atoms with Gasteiger partial charge in [-0.25, -0.2) is 9.78 Å². The Labute approximate surface area is 118 Å². The number of carbonyl (C=O) groups excluding carboxylic acids is 1. The van der Waals surface area contributed by atoms with E-state index < -0.39 is 5.69 Å². The van der Waals surface area contributed by atoms with Gasteiger partial charge in [0.05, 0.1) is 6.54 Å². The average Bonchev–Trinajstić information content (AvgIpc) is 2.43. The molecule has 4 nitrogen and oxygen atoms in total. The normalized spacial score (nSPS) is 10.8. The molecule has 104 valence electrons. The standard InChI is InChI=1S/C16H18N2O2/c1-11(2)13-4-6-14(7-5-13)15(19)10-18-9-12(3)8-17-16(18)20/h4-9,11H,10H2,1-3H3. The summed E-state index contributed by atoms with van der Waals surface area (Å²) >= 11 is 0. The van der Waals surface area contributed by atoms with E-state index in [4.69, 9.17) is 0 Å². The predicted molar refractivity (Wildman–Crippen MR) is 78.1 cm³/mol. The Morgan fingerprint density at radius 3 is 2.50 bits per heavy atom. The third kappa shape index (κ3) is 3.20. The maximum atomic E-state index is 12.2. The summed E-state index contributed by atoms with van der Waals surface area (Å²) in [5, 5.41) is 0. The summed E-state index contributed by atoms with van der Waals surface area (Å²) in [4.78, 5) is 27.5. The minimum atomic E-state index is -0.400. The van der Waals surface area contributed by atoms with Gasteiger partial charge in [-0.3, -0.25) is 9.36 Å². The van der Waals surface area contributed by atoms with Gasteiger partial charge < -0.3 is 0 Å². The van der Waals surface area contributed by atoms with Crippen molar-refractivity contribution in [2.45, 2.75) is 33.2 Å². The maximum Gasteiger partial charge on any atom is 0.347 e. The van der Waals surface area contributed by atoms with Gasteiger partial charge in [0.1, 0.15) is 0 Å². The molecular weight excluding hydrogens is 252 g/mol. The second-order valence-corrected chi connectivity index (χ2v) is 5.24. The van der Waals surface area contributed by atoms with Crippen molar-refractivity contribution in [3.8, 4) is 0 Å². The molecule has 0 aliphatic heterocycles. The van der Waals surface area contributed by atoms with E-state index >= 15 is 0 Å². The highest BCUT2D eigenvalue weighted by atomic mass is 16.2. The molecular formula is C16H18N2O2. The molecule has 0 aliphatic rings. The number of Topliss-reactive ketones (excluding diaryl/α,β-unsaturated/α-hetero) is 1. The molecule has 1 heterocycles. The number of ketones is 1. The van der Waals surface area contributed by atoms with Crippen LogP contribution < -0.4 is 5.69 Å². The molecule has 0 aliphatic carbocycles. The lowest BCUT2D eigenvalue weighted by atomic mass is 10.0. The molecule has 4 heteroatoms. The van der Waals surface area contributed by atoms with Crippen LogP contribution in [0.25, 0.3) is 0 Å². The van der Waals surface area contributed by atoms with Gasteiger partial charge in [-0.1, -0.05) is 38.1 Å². The van der Waals surface area contributed by atoms with E-state index in [-0.39, 0.29) is 12.3 Å². The summed E-state index contributed by atoms with van der Waals surface area (Å²) in [5.74, 6) is 0.345. The van der Waals surface area contributed by atoms with Crippen LogP contribution in [0.1, 0.15) is 41.3 Å². The summed E-state index contributed by atoms with van der Waals surface area (Å²) in [7, 11) is 0. The first-order valence-corrected chi connectivity index (χ1v) is 6.63. The molecule has 1 aromatic heterocycles. The van der Waals surface area contributed by atoms with Crippen LogP contribution in [0.4, 0.5) is 0 Å². The number of hydrogen-bond donors (Lipinski definition) is 0. The second kappa shape index (κ2) is 5.82. The highest BCUT2D eigenvalue weighted by Gasteiger charge is 2.09. The first kappa shape index (κ1) is 14.2. The van der Waals surface area contributed by atoms with Crippen LogP contribution in [0.5, 0.6) is 0 Å². The third-order valence-electron chi connectivity index (χ3n) is 3.20. The Bertz CT molecular complexity index is 670. The van der Waals surface area contributed by atoms with Crippen molar-refractivity contribution in [1.29, 1.82) is 0 Å². The lowest BCUT2D eigenvalue weighted by Crippen LogP contribution is -2.26. The predicted octanol–water partition coefficient (Wildman–Crippen LogP) is 2.56. The molecule has 0 atom stereocenters. The number of aryl methyl sites for hydroxylation is 1. The van der Waals surface area contributed by atoms with Crippen LogP contribution in [0.15, 0.2) is 41.5 Å². The Morgan fingerprint density at radius 1 is 1.25 bits per heavy atom. The summed E-state index contributed by atoms with van der Waals surface area (Å²) in [6.07, 6.45) is 3.15. The Balaban J connectivity index is 2.19. The fraction of sp³-hybridized carbons (Fsp3) is 0.312. The van der Waals surface area contributed by atoms with E-state index in [0.29, 0.717) is 11.5 Å². The van der Waals surface area contributed by atoms with Gasteiger partial charge in [-0.05, 0) is 24.0 Å². The lowest BCUT2D eigenvalue weighted by molar-refractivity contribution is 0.0970. The molecule has 0 N–H and O–H groups in total. The molecule has 0 saturated carbocycles. The molecule has 0 radical (unpaired) electrons. The maximum absolute atomic E-state index is 12.2. The highest BCUT2D eigenvalue weighted by Crippen LogP contribution is 2.15. The highest BCUT2D eigenvalue weighted by molar-refractivity contribution is 5.95. The summed E-state index contributed by atoms with van der Waals surface area (Å²) in [5.41, 5.74) is 2.26. The Morgan fingerprint density at radius 2 is 1.90 bits per heavy atom. The topological polar surface area (TPSA) is 52.0 Å². The zero-order valence-corrected chi connectivity index (χ0v) is 12.0. The molecule has 0 fully saturated rings. The van der Waals surface area contributed by atoms with Crippen molar-refractivity contribution in [2.24, 2.45) is 0 Å². The molecule has 0 spiro atoms. The molecule has 2 rings (SSSR count). The van der Waals surface area contributed by atoms with E-state index in [9.17, 15) is 9.59 Å². The number of nitrogens with zero attached hydrogens (tertiary/aromatic N) is 2. The van der Waals surface area contributed by atoms with Crippen molar-refractivity contribution in [2.75, 3.05) is 0 Å². The van der Waals surface area contributed by atoms with Gasteiger partial charge in [-0.2, -0.15) is 0 Å². The van der Waals surface area contributed by atoms with Crippen molar-refractivity contribution in [3.63, 3.8) is 0 Å².